The highest BCUT2D eigenvalue weighted by molar-refractivity contribution is 7.92. The van der Waals surface area contributed by atoms with Crippen molar-refractivity contribution >= 4 is 21.6 Å². The van der Waals surface area contributed by atoms with E-state index in [0.717, 1.165) is 29.5 Å². The van der Waals surface area contributed by atoms with Crippen molar-refractivity contribution in [3.05, 3.63) is 83.9 Å². The molecule has 0 radical (unpaired) electrons. The molecule has 4 rings (SSSR count). The largest absolute Gasteiger partial charge is 0.493 e. The highest BCUT2D eigenvalue weighted by Crippen LogP contribution is 2.33. The van der Waals surface area contributed by atoms with Crippen LogP contribution in [0.15, 0.2) is 77.7 Å². The fourth-order valence-corrected chi connectivity index (χ4v) is 6.05. The number of ether oxygens (including phenoxy) is 2. The third-order valence-corrected chi connectivity index (χ3v) is 8.40. The number of carbonyl (C=O) groups excluding carboxylic acids is 1. The molecular weight excluding hydrogens is 502 g/mol. The topological polar surface area (TPSA) is 88.2 Å². The van der Waals surface area contributed by atoms with E-state index in [-0.39, 0.29) is 11.4 Å². The lowest BCUT2D eigenvalue weighted by Crippen LogP contribution is -2.40. The first-order chi connectivity index (χ1) is 18.4. The van der Waals surface area contributed by atoms with E-state index >= 15 is 0 Å². The molecule has 1 fully saturated rings. The van der Waals surface area contributed by atoms with Gasteiger partial charge in [0.05, 0.1) is 24.8 Å². The van der Waals surface area contributed by atoms with Crippen LogP contribution in [-0.4, -0.2) is 53.1 Å². The Balaban J connectivity index is 1.50. The summed E-state index contributed by atoms with van der Waals surface area (Å²) in [6.07, 6.45) is 3.76. The Labute approximate surface area is 225 Å². The van der Waals surface area contributed by atoms with Crippen LogP contribution in [0.5, 0.6) is 11.5 Å². The second kappa shape index (κ2) is 12.8. The van der Waals surface area contributed by atoms with Crippen molar-refractivity contribution in [2.75, 3.05) is 38.2 Å². The fourth-order valence-electron chi connectivity index (χ4n) is 4.62. The number of hydrogen-bond donors (Lipinski definition) is 1. The molecule has 0 atom stereocenters. The molecule has 1 aliphatic heterocycles. The van der Waals surface area contributed by atoms with Crippen molar-refractivity contribution in [3.63, 3.8) is 0 Å². The number of anilines is 1. The molecule has 1 heterocycles. The van der Waals surface area contributed by atoms with E-state index in [1.807, 2.05) is 12.1 Å². The molecule has 3 aromatic carbocycles. The minimum atomic E-state index is -4.03. The minimum absolute atomic E-state index is 0.0907. The van der Waals surface area contributed by atoms with Crippen LogP contribution in [0.25, 0.3) is 0 Å². The van der Waals surface area contributed by atoms with Gasteiger partial charge in [0, 0.05) is 19.2 Å². The van der Waals surface area contributed by atoms with E-state index < -0.39 is 15.9 Å². The number of carbonyl (C=O) groups is 1. The predicted molar refractivity (Wildman–Crippen MR) is 148 cm³/mol. The van der Waals surface area contributed by atoms with Crippen molar-refractivity contribution in [1.82, 2.24) is 10.2 Å². The number of nitrogens with one attached hydrogen (secondary N) is 1. The van der Waals surface area contributed by atoms with Crippen LogP contribution in [0.2, 0.25) is 0 Å². The SMILES string of the molecule is COc1ccc(N(CC(=O)NCc2cccc(CN3CCCCC3)c2)S(=O)(=O)c2ccccc2)cc1OC. The first kappa shape index (κ1) is 27.5. The van der Waals surface area contributed by atoms with Gasteiger partial charge in [-0.15, -0.1) is 0 Å². The number of hydrogen-bond acceptors (Lipinski definition) is 6. The Kier molecular flexibility index (Phi) is 9.25. The van der Waals surface area contributed by atoms with Crippen molar-refractivity contribution < 1.29 is 22.7 Å². The van der Waals surface area contributed by atoms with Gasteiger partial charge in [-0.2, -0.15) is 0 Å². The zero-order chi connectivity index (χ0) is 27.0. The summed E-state index contributed by atoms with van der Waals surface area (Å²) in [6.45, 7) is 3.04. The Morgan fingerprint density at radius 3 is 2.29 bits per heavy atom. The molecule has 0 saturated carbocycles. The van der Waals surface area contributed by atoms with Gasteiger partial charge in [0.2, 0.25) is 5.91 Å². The summed E-state index contributed by atoms with van der Waals surface area (Å²) in [6, 6.07) is 21.0. The number of methoxy groups -OCH3 is 2. The van der Waals surface area contributed by atoms with Gasteiger partial charge in [0.1, 0.15) is 6.54 Å². The molecule has 9 heteroatoms. The molecule has 0 spiro atoms. The molecule has 1 amide bonds. The minimum Gasteiger partial charge on any atom is -0.493 e. The Morgan fingerprint density at radius 1 is 0.868 bits per heavy atom. The van der Waals surface area contributed by atoms with Gasteiger partial charge >= 0.3 is 0 Å². The number of likely N-dealkylation sites (tertiary alicyclic amines) is 1. The maximum Gasteiger partial charge on any atom is 0.264 e. The average Bonchev–Trinajstić information content (AvgIpc) is 2.95. The normalized spacial score (nSPS) is 14.1. The van der Waals surface area contributed by atoms with E-state index in [2.05, 4.69) is 22.3 Å². The number of rotatable bonds is 11. The summed E-state index contributed by atoms with van der Waals surface area (Å²) >= 11 is 0. The van der Waals surface area contributed by atoms with Gasteiger partial charge in [-0.05, 0) is 61.3 Å². The highest BCUT2D eigenvalue weighted by atomic mass is 32.2. The standard InChI is InChI=1S/C29H35N3O5S/c1-36-27-15-14-25(19-28(27)37-2)32(38(34,35)26-12-5-3-6-13-26)22-29(33)30-20-23-10-9-11-24(18-23)21-31-16-7-4-8-17-31/h3,5-6,9-15,18-19H,4,7-8,16-17,20-22H2,1-2H3,(H,30,33). The lowest BCUT2D eigenvalue weighted by Gasteiger charge is -2.26. The van der Waals surface area contributed by atoms with E-state index in [0.29, 0.717) is 23.7 Å². The third kappa shape index (κ3) is 6.85. The summed E-state index contributed by atoms with van der Waals surface area (Å²) in [5.41, 5.74) is 2.47. The third-order valence-electron chi connectivity index (χ3n) is 6.61. The van der Waals surface area contributed by atoms with Crippen LogP contribution in [0.4, 0.5) is 5.69 Å². The van der Waals surface area contributed by atoms with Gasteiger partial charge in [-0.25, -0.2) is 8.42 Å². The lowest BCUT2D eigenvalue weighted by molar-refractivity contribution is -0.119. The number of sulfonamides is 1. The van der Waals surface area contributed by atoms with Crippen LogP contribution in [0.1, 0.15) is 30.4 Å². The number of amides is 1. The molecule has 8 nitrogen and oxygen atoms in total. The van der Waals surface area contributed by atoms with Crippen LogP contribution in [0.3, 0.4) is 0 Å². The second-order valence-corrected chi connectivity index (χ2v) is 11.2. The molecule has 1 aliphatic rings. The Morgan fingerprint density at radius 2 is 1.58 bits per heavy atom. The fraction of sp³-hybridized carbons (Fsp3) is 0.345. The van der Waals surface area contributed by atoms with Crippen LogP contribution in [-0.2, 0) is 27.9 Å². The monoisotopic (exact) mass is 537 g/mol. The van der Waals surface area contributed by atoms with Crippen LogP contribution < -0.4 is 19.1 Å². The van der Waals surface area contributed by atoms with Gasteiger partial charge in [0.15, 0.2) is 11.5 Å². The molecule has 1 N–H and O–H groups in total. The quantitative estimate of drug-likeness (QED) is 0.395. The average molecular weight is 538 g/mol. The first-order valence-corrected chi connectivity index (χ1v) is 14.2. The van der Waals surface area contributed by atoms with Crippen LogP contribution >= 0.6 is 0 Å². The van der Waals surface area contributed by atoms with E-state index in [9.17, 15) is 13.2 Å². The van der Waals surface area contributed by atoms with Crippen molar-refractivity contribution in [2.24, 2.45) is 0 Å². The zero-order valence-corrected chi connectivity index (χ0v) is 22.7. The molecule has 0 aromatic heterocycles. The molecule has 0 aliphatic carbocycles. The molecule has 1 saturated heterocycles. The van der Waals surface area contributed by atoms with Gasteiger partial charge in [-0.1, -0.05) is 48.9 Å². The predicted octanol–water partition coefficient (Wildman–Crippen LogP) is 4.20. The van der Waals surface area contributed by atoms with E-state index in [4.69, 9.17) is 9.47 Å². The molecule has 0 bridgehead atoms. The number of nitrogens with zero attached hydrogens (tertiary/aromatic N) is 2. The van der Waals surface area contributed by atoms with Gasteiger partial charge in [0.25, 0.3) is 10.0 Å². The highest BCUT2D eigenvalue weighted by Gasteiger charge is 2.28. The molecule has 38 heavy (non-hydrogen) atoms. The molecule has 202 valence electrons. The van der Waals surface area contributed by atoms with Gasteiger partial charge < -0.3 is 14.8 Å². The van der Waals surface area contributed by atoms with Crippen molar-refractivity contribution in [1.29, 1.82) is 0 Å². The summed E-state index contributed by atoms with van der Waals surface area (Å²) in [7, 11) is -1.05. The summed E-state index contributed by atoms with van der Waals surface area (Å²) in [4.78, 5) is 15.6. The maximum absolute atomic E-state index is 13.6. The smallest absolute Gasteiger partial charge is 0.264 e. The summed E-state index contributed by atoms with van der Waals surface area (Å²) in [5, 5.41) is 2.89. The second-order valence-electron chi connectivity index (χ2n) is 9.30. The Bertz CT molecular complexity index is 1330. The number of benzene rings is 3. The summed E-state index contributed by atoms with van der Waals surface area (Å²) < 4.78 is 39.0. The van der Waals surface area contributed by atoms with Crippen LogP contribution in [0, 0.1) is 0 Å². The van der Waals surface area contributed by atoms with E-state index in [1.165, 1.54) is 51.2 Å². The molecular formula is C29H35N3O5S. The lowest BCUT2D eigenvalue weighted by atomic mass is 10.1. The Hall–Kier alpha value is -3.56. The maximum atomic E-state index is 13.6. The molecule has 0 unspecified atom stereocenters. The number of piperidine rings is 1. The first-order valence-electron chi connectivity index (χ1n) is 12.8. The molecule has 3 aromatic rings. The van der Waals surface area contributed by atoms with E-state index in [1.54, 1.807) is 36.4 Å². The summed E-state index contributed by atoms with van der Waals surface area (Å²) in [5.74, 6) is 0.409. The van der Waals surface area contributed by atoms with Crippen molar-refractivity contribution in [3.8, 4) is 11.5 Å². The van der Waals surface area contributed by atoms with Crippen molar-refractivity contribution in [2.45, 2.75) is 37.2 Å². The van der Waals surface area contributed by atoms with Gasteiger partial charge in [-0.3, -0.25) is 14.0 Å². The zero-order valence-electron chi connectivity index (χ0n) is 21.9.